The van der Waals surface area contributed by atoms with Crippen LogP contribution in [-0.4, -0.2) is 52.3 Å². The van der Waals surface area contributed by atoms with Gasteiger partial charge in [0.2, 0.25) is 0 Å². The Morgan fingerprint density at radius 1 is 1.17 bits per heavy atom. The molecule has 1 aliphatic heterocycles. The summed E-state index contributed by atoms with van der Waals surface area (Å²) in [5.41, 5.74) is 1.17. The Balaban J connectivity index is 1.64. The average molecular weight is 335 g/mol. The summed E-state index contributed by atoms with van der Waals surface area (Å²) in [5, 5.41) is 2.97. The lowest BCUT2D eigenvalue weighted by atomic mass is 9.97. The number of likely N-dealkylation sites (tertiary alicyclic amines) is 1. The molecule has 6 heteroatoms. The van der Waals surface area contributed by atoms with Crippen LogP contribution in [0, 0.1) is 5.92 Å². The van der Waals surface area contributed by atoms with Crippen LogP contribution in [0.3, 0.4) is 0 Å². The van der Waals surface area contributed by atoms with E-state index < -0.39 is 0 Å². The van der Waals surface area contributed by atoms with E-state index in [1.165, 1.54) is 17.6 Å². The van der Waals surface area contributed by atoms with Gasteiger partial charge in [0.25, 0.3) is 5.91 Å². The number of nitrogens with one attached hydrogen (secondary N) is 2. The first-order valence-corrected chi connectivity index (χ1v) is 8.43. The number of hydrogen-bond donors (Lipinski definition) is 2. The van der Waals surface area contributed by atoms with E-state index in [4.69, 9.17) is 9.47 Å². The molecular weight excluding hydrogens is 308 g/mol. The molecule has 1 aromatic carbocycles. The van der Waals surface area contributed by atoms with Crippen LogP contribution >= 0.6 is 0 Å². The summed E-state index contributed by atoms with van der Waals surface area (Å²) in [6.07, 6.45) is 2.39. The Hall–Kier alpha value is -2.08. The van der Waals surface area contributed by atoms with Crippen molar-refractivity contribution in [3.8, 4) is 5.75 Å². The van der Waals surface area contributed by atoms with Gasteiger partial charge in [0, 0.05) is 19.4 Å². The molecule has 2 N–H and O–H groups in total. The number of amides is 1. The molecule has 0 bridgehead atoms. The second-order valence-electron chi connectivity index (χ2n) is 6.17. The fraction of sp³-hybridized carbons (Fsp3) is 0.556. The smallest absolute Gasteiger partial charge is 0.309 e. The van der Waals surface area contributed by atoms with Gasteiger partial charge in [-0.1, -0.05) is 12.1 Å². The van der Waals surface area contributed by atoms with Crippen molar-refractivity contribution in [1.82, 2.24) is 5.32 Å². The molecule has 0 radical (unpaired) electrons. The predicted molar refractivity (Wildman–Crippen MR) is 90.0 cm³/mol. The topological polar surface area (TPSA) is 69.1 Å². The molecule has 2 rings (SSSR count). The highest BCUT2D eigenvalue weighted by Gasteiger charge is 2.28. The summed E-state index contributed by atoms with van der Waals surface area (Å²) >= 11 is 0. The summed E-state index contributed by atoms with van der Waals surface area (Å²) in [7, 11) is 3.07. The molecule has 0 spiro atoms. The van der Waals surface area contributed by atoms with Crippen LogP contribution in [0.25, 0.3) is 0 Å². The zero-order valence-electron chi connectivity index (χ0n) is 14.5. The summed E-state index contributed by atoms with van der Waals surface area (Å²) in [6, 6.07) is 7.86. The molecule has 24 heavy (non-hydrogen) atoms. The summed E-state index contributed by atoms with van der Waals surface area (Å²) in [4.78, 5) is 24.8. The number of quaternary nitrogens is 1. The molecule has 0 atom stereocenters. The zero-order valence-corrected chi connectivity index (χ0v) is 14.5. The summed E-state index contributed by atoms with van der Waals surface area (Å²) in [5.74, 6) is 0.770. The molecule has 0 aliphatic carbocycles. The molecule has 0 aromatic heterocycles. The van der Waals surface area contributed by atoms with Gasteiger partial charge >= 0.3 is 5.97 Å². The van der Waals surface area contributed by atoms with Gasteiger partial charge in [0.1, 0.15) is 5.75 Å². The second-order valence-corrected chi connectivity index (χ2v) is 6.17. The minimum Gasteiger partial charge on any atom is -0.497 e. The van der Waals surface area contributed by atoms with Crippen LogP contribution in [0.5, 0.6) is 5.75 Å². The molecule has 1 heterocycles. The van der Waals surface area contributed by atoms with Gasteiger partial charge in [0.05, 0.1) is 33.2 Å². The first-order valence-electron chi connectivity index (χ1n) is 8.43. The first kappa shape index (κ1) is 18.3. The van der Waals surface area contributed by atoms with Crippen molar-refractivity contribution in [3.05, 3.63) is 29.8 Å². The fourth-order valence-corrected chi connectivity index (χ4v) is 3.03. The number of benzene rings is 1. The van der Waals surface area contributed by atoms with Crippen molar-refractivity contribution in [3.63, 3.8) is 0 Å². The molecule has 0 saturated carbocycles. The van der Waals surface area contributed by atoms with E-state index in [0.717, 1.165) is 38.1 Å². The van der Waals surface area contributed by atoms with Gasteiger partial charge in [-0.05, 0) is 24.1 Å². The molecule has 1 fully saturated rings. The van der Waals surface area contributed by atoms with E-state index in [1.807, 2.05) is 24.3 Å². The van der Waals surface area contributed by atoms with Crippen LogP contribution in [0.4, 0.5) is 0 Å². The Kier molecular flexibility index (Phi) is 7.06. The average Bonchev–Trinajstić information content (AvgIpc) is 2.62. The van der Waals surface area contributed by atoms with Crippen LogP contribution in [0.1, 0.15) is 18.4 Å². The molecule has 6 nitrogen and oxygen atoms in total. The highest BCUT2D eigenvalue weighted by atomic mass is 16.5. The summed E-state index contributed by atoms with van der Waals surface area (Å²) < 4.78 is 9.90. The van der Waals surface area contributed by atoms with E-state index in [2.05, 4.69) is 5.32 Å². The predicted octanol–water partition coefficient (Wildman–Crippen LogP) is -0.178. The van der Waals surface area contributed by atoms with Gasteiger partial charge in [0.15, 0.2) is 6.54 Å². The van der Waals surface area contributed by atoms with Crippen molar-refractivity contribution in [2.45, 2.75) is 19.3 Å². The van der Waals surface area contributed by atoms with E-state index in [9.17, 15) is 9.59 Å². The molecule has 1 saturated heterocycles. The number of carbonyl (C=O) groups is 2. The monoisotopic (exact) mass is 335 g/mol. The van der Waals surface area contributed by atoms with E-state index in [0.29, 0.717) is 13.1 Å². The maximum absolute atomic E-state index is 12.0. The van der Waals surface area contributed by atoms with Crippen molar-refractivity contribution in [1.29, 1.82) is 0 Å². The number of piperidine rings is 1. The van der Waals surface area contributed by atoms with Crippen molar-refractivity contribution >= 4 is 11.9 Å². The van der Waals surface area contributed by atoms with Crippen LogP contribution in [0.2, 0.25) is 0 Å². The first-order chi connectivity index (χ1) is 11.6. The van der Waals surface area contributed by atoms with Gasteiger partial charge in [-0.3, -0.25) is 9.59 Å². The third-order valence-electron chi connectivity index (χ3n) is 4.53. The van der Waals surface area contributed by atoms with Crippen LogP contribution < -0.4 is 15.0 Å². The quantitative estimate of drug-likeness (QED) is 0.679. The highest BCUT2D eigenvalue weighted by molar-refractivity contribution is 5.76. The molecule has 1 aliphatic rings. The normalized spacial score (nSPS) is 20.2. The Morgan fingerprint density at radius 2 is 1.83 bits per heavy atom. The van der Waals surface area contributed by atoms with Gasteiger partial charge in [-0.25, -0.2) is 0 Å². The largest absolute Gasteiger partial charge is 0.497 e. The second kappa shape index (κ2) is 9.27. The third kappa shape index (κ3) is 5.53. The molecule has 1 aromatic rings. The van der Waals surface area contributed by atoms with Crippen molar-refractivity contribution < 1.29 is 24.0 Å². The minimum absolute atomic E-state index is 0.00289. The number of methoxy groups -OCH3 is 2. The van der Waals surface area contributed by atoms with Crippen molar-refractivity contribution in [2.24, 2.45) is 5.92 Å². The number of hydrogen-bond acceptors (Lipinski definition) is 4. The lowest BCUT2D eigenvalue weighted by Gasteiger charge is -2.27. The standard InChI is InChI=1S/C18H26N2O4/c1-23-16-5-3-14(4-6-16)7-10-19-17(21)13-20-11-8-15(9-12-20)18(22)24-2/h3-6,15H,7-13H2,1-2H3,(H,19,21)/p+1. The van der Waals surface area contributed by atoms with E-state index in [-0.39, 0.29) is 17.8 Å². The third-order valence-corrected chi connectivity index (χ3v) is 4.53. The number of ether oxygens (including phenoxy) is 2. The molecule has 132 valence electrons. The number of carbonyl (C=O) groups excluding carboxylic acids is 2. The maximum atomic E-state index is 12.0. The lowest BCUT2D eigenvalue weighted by Crippen LogP contribution is -3.14. The zero-order chi connectivity index (χ0) is 17.4. The molecule has 0 unspecified atom stereocenters. The fourth-order valence-electron chi connectivity index (χ4n) is 3.03. The van der Waals surface area contributed by atoms with Gasteiger partial charge in [-0.15, -0.1) is 0 Å². The number of rotatable bonds is 7. The Bertz CT molecular complexity index is 536. The molecule has 1 amide bonds. The summed E-state index contributed by atoms with van der Waals surface area (Å²) in [6.45, 7) is 2.77. The SMILES string of the molecule is COC(=O)C1CC[NH+](CC(=O)NCCc2ccc(OC)cc2)CC1. The van der Waals surface area contributed by atoms with E-state index in [1.54, 1.807) is 7.11 Å². The lowest BCUT2D eigenvalue weighted by molar-refractivity contribution is -0.897. The Labute approximate surface area is 143 Å². The minimum atomic E-state index is -0.127. The van der Waals surface area contributed by atoms with Gasteiger partial charge < -0.3 is 19.7 Å². The van der Waals surface area contributed by atoms with Crippen molar-refractivity contribution in [2.75, 3.05) is 40.4 Å². The Morgan fingerprint density at radius 3 is 2.42 bits per heavy atom. The molecular formula is C18H27N2O4+. The van der Waals surface area contributed by atoms with Crippen LogP contribution in [0.15, 0.2) is 24.3 Å². The maximum Gasteiger partial charge on any atom is 0.309 e. The number of esters is 1. The highest BCUT2D eigenvalue weighted by Crippen LogP contribution is 2.11. The van der Waals surface area contributed by atoms with Gasteiger partial charge in [-0.2, -0.15) is 0 Å². The van der Waals surface area contributed by atoms with Crippen LogP contribution in [-0.2, 0) is 20.7 Å². The van der Waals surface area contributed by atoms with E-state index >= 15 is 0 Å².